The van der Waals surface area contributed by atoms with Crippen LogP contribution in [-0.2, 0) is 21.4 Å². The van der Waals surface area contributed by atoms with Crippen molar-refractivity contribution in [3.63, 3.8) is 0 Å². The molecule has 2 aliphatic heterocycles. The molecule has 0 aliphatic carbocycles. The number of aliphatic hydroxyl groups is 1. The van der Waals surface area contributed by atoms with E-state index in [1.54, 1.807) is 24.3 Å². The van der Waals surface area contributed by atoms with Gasteiger partial charge in [0, 0.05) is 28.1 Å². The lowest BCUT2D eigenvalue weighted by molar-refractivity contribution is -0.137. The van der Waals surface area contributed by atoms with E-state index in [2.05, 4.69) is 15.9 Å². The molecule has 3 N–H and O–H groups in total. The average Bonchev–Trinajstić information content (AvgIpc) is 3.06. The van der Waals surface area contributed by atoms with Gasteiger partial charge in [0.25, 0.3) is 0 Å². The maximum atomic E-state index is 13.5. The molecule has 4 rings (SSSR count). The first-order valence-electron chi connectivity index (χ1n) is 9.10. The van der Waals surface area contributed by atoms with Crippen LogP contribution in [0.15, 0.2) is 34.8 Å². The summed E-state index contributed by atoms with van der Waals surface area (Å²) in [6, 6.07) is 8.19. The lowest BCUT2D eigenvalue weighted by atomic mass is 9.74. The van der Waals surface area contributed by atoms with E-state index in [0.717, 1.165) is 10.5 Å². The van der Waals surface area contributed by atoms with Gasteiger partial charge in [0.15, 0.2) is 0 Å². The van der Waals surface area contributed by atoms with Gasteiger partial charge in [-0.15, -0.1) is 0 Å². The van der Waals surface area contributed by atoms with Crippen LogP contribution in [0.2, 0.25) is 0 Å². The van der Waals surface area contributed by atoms with Crippen LogP contribution in [0.1, 0.15) is 30.5 Å². The maximum Gasteiger partial charge on any atom is 0.323 e. The number of ether oxygens (including phenoxy) is 1. The fourth-order valence-electron chi connectivity index (χ4n) is 4.36. The van der Waals surface area contributed by atoms with Crippen molar-refractivity contribution < 1.29 is 29.6 Å². The SMILES string of the molecule is CC1(C)Cc2cc(C3(CO)C(=O)N(CC(=O)O)c4cccc(Br)c43)c(O)cc2O1. The molecule has 7 nitrogen and oxygen atoms in total. The summed E-state index contributed by atoms with van der Waals surface area (Å²) in [7, 11) is 0. The zero-order chi connectivity index (χ0) is 21.1. The number of aliphatic hydroxyl groups excluding tert-OH is 1. The van der Waals surface area contributed by atoms with Gasteiger partial charge in [-0.25, -0.2) is 0 Å². The zero-order valence-electron chi connectivity index (χ0n) is 15.9. The number of hydrogen-bond donors (Lipinski definition) is 3. The Bertz CT molecular complexity index is 1050. The number of carbonyl (C=O) groups excluding carboxylic acids is 1. The molecule has 2 aliphatic rings. The van der Waals surface area contributed by atoms with E-state index in [4.69, 9.17) is 4.74 Å². The lowest BCUT2D eigenvalue weighted by Crippen LogP contribution is -2.45. The molecular formula is C21H20BrNO6. The number of amides is 1. The largest absolute Gasteiger partial charge is 0.507 e. The second-order valence-corrected chi connectivity index (χ2v) is 8.85. The number of rotatable bonds is 4. The van der Waals surface area contributed by atoms with Gasteiger partial charge in [-0.3, -0.25) is 14.5 Å². The Kier molecular flexibility index (Phi) is 4.40. The van der Waals surface area contributed by atoms with Crippen LogP contribution in [0.25, 0.3) is 0 Å². The van der Waals surface area contributed by atoms with Crippen LogP contribution < -0.4 is 9.64 Å². The van der Waals surface area contributed by atoms with Crippen molar-refractivity contribution in [2.24, 2.45) is 0 Å². The summed E-state index contributed by atoms with van der Waals surface area (Å²) in [4.78, 5) is 26.0. The topological polar surface area (TPSA) is 107 Å². The summed E-state index contributed by atoms with van der Waals surface area (Å²) >= 11 is 3.44. The first-order chi connectivity index (χ1) is 13.6. The second kappa shape index (κ2) is 6.47. The summed E-state index contributed by atoms with van der Waals surface area (Å²) in [6.07, 6.45) is 0.576. The summed E-state index contributed by atoms with van der Waals surface area (Å²) in [5, 5.41) is 30.6. The fourth-order valence-corrected chi connectivity index (χ4v) is 5.06. The van der Waals surface area contributed by atoms with Crippen LogP contribution >= 0.6 is 15.9 Å². The maximum absolute atomic E-state index is 13.5. The van der Waals surface area contributed by atoms with Gasteiger partial charge in [-0.2, -0.15) is 0 Å². The first-order valence-corrected chi connectivity index (χ1v) is 9.89. The molecule has 2 aromatic rings. The molecule has 1 amide bonds. The Morgan fingerprint density at radius 1 is 1.31 bits per heavy atom. The second-order valence-electron chi connectivity index (χ2n) is 8.00. The molecule has 8 heteroatoms. The van der Waals surface area contributed by atoms with Gasteiger partial charge in [0.2, 0.25) is 5.91 Å². The van der Waals surface area contributed by atoms with Crippen molar-refractivity contribution in [1.82, 2.24) is 0 Å². The average molecular weight is 462 g/mol. The van der Waals surface area contributed by atoms with E-state index in [9.17, 15) is 24.9 Å². The molecule has 0 spiro atoms. The zero-order valence-corrected chi connectivity index (χ0v) is 17.5. The number of carbonyl (C=O) groups is 2. The molecule has 29 heavy (non-hydrogen) atoms. The Hall–Kier alpha value is -2.58. The number of benzene rings is 2. The molecule has 1 atom stereocenters. The van der Waals surface area contributed by atoms with Gasteiger partial charge in [-0.1, -0.05) is 22.0 Å². The number of hydrogen-bond acceptors (Lipinski definition) is 5. The van der Waals surface area contributed by atoms with Crippen molar-refractivity contribution in [2.45, 2.75) is 31.3 Å². The number of aromatic hydroxyl groups is 1. The highest BCUT2D eigenvalue weighted by Crippen LogP contribution is 2.53. The molecule has 0 aromatic heterocycles. The molecule has 2 heterocycles. The van der Waals surface area contributed by atoms with Crippen molar-refractivity contribution in [2.75, 3.05) is 18.1 Å². The number of phenols is 1. The Balaban J connectivity index is 1.98. The summed E-state index contributed by atoms with van der Waals surface area (Å²) in [5.41, 5.74) is -0.219. The van der Waals surface area contributed by atoms with E-state index >= 15 is 0 Å². The quantitative estimate of drug-likeness (QED) is 0.645. The molecule has 0 bridgehead atoms. The number of carboxylic acids is 1. The van der Waals surface area contributed by atoms with Crippen LogP contribution in [0.3, 0.4) is 0 Å². The van der Waals surface area contributed by atoms with E-state index in [-0.39, 0.29) is 11.3 Å². The van der Waals surface area contributed by atoms with E-state index in [1.165, 1.54) is 6.07 Å². The summed E-state index contributed by atoms with van der Waals surface area (Å²) in [5.74, 6) is -1.43. The molecule has 0 saturated carbocycles. The van der Waals surface area contributed by atoms with Crippen LogP contribution in [-0.4, -0.2) is 45.9 Å². The fraction of sp³-hybridized carbons (Fsp3) is 0.333. The molecule has 152 valence electrons. The molecule has 1 unspecified atom stereocenters. The van der Waals surface area contributed by atoms with Gasteiger partial charge in [0.05, 0.1) is 12.3 Å². The Morgan fingerprint density at radius 2 is 2.03 bits per heavy atom. The third-order valence-corrected chi connectivity index (χ3v) is 6.15. The number of phenolic OH excluding ortho intramolecular Hbond substituents is 1. The molecular weight excluding hydrogens is 442 g/mol. The number of aliphatic carboxylic acids is 1. The third kappa shape index (κ3) is 2.81. The number of fused-ring (bicyclic) bond motifs is 2. The van der Waals surface area contributed by atoms with Crippen LogP contribution in [0, 0.1) is 0 Å². The Morgan fingerprint density at radius 3 is 2.69 bits per heavy atom. The lowest BCUT2D eigenvalue weighted by Gasteiger charge is -2.28. The molecule has 0 saturated heterocycles. The highest BCUT2D eigenvalue weighted by atomic mass is 79.9. The standard InChI is InChI=1S/C21H20BrNO6/c1-20(2)8-11-6-12(15(25)7-16(11)29-20)21(10-24)18-13(22)4-3-5-14(18)23(19(21)28)9-17(26)27/h3-7,24-25H,8-10H2,1-2H3,(H,26,27). The first kappa shape index (κ1) is 19.7. The van der Waals surface area contributed by atoms with Crippen LogP contribution in [0.5, 0.6) is 11.5 Å². The van der Waals surface area contributed by atoms with Gasteiger partial charge in [0.1, 0.15) is 29.1 Å². The number of nitrogens with zero attached hydrogens (tertiary/aromatic N) is 1. The minimum atomic E-state index is -1.63. The number of halogens is 1. The summed E-state index contributed by atoms with van der Waals surface area (Å²) in [6.45, 7) is 2.67. The van der Waals surface area contributed by atoms with Crippen molar-refractivity contribution in [3.8, 4) is 11.5 Å². The van der Waals surface area contributed by atoms with E-state index in [0.29, 0.717) is 27.9 Å². The van der Waals surface area contributed by atoms with Crippen molar-refractivity contribution >= 4 is 33.5 Å². The monoisotopic (exact) mass is 461 g/mol. The van der Waals surface area contributed by atoms with Gasteiger partial charge < -0.3 is 20.1 Å². The number of carboxylic acid groups (broad SMARTS) is 1. The van der Waals surface area contributed by atoms with Gasteiger partial charge in [-0.05, 0) is 37.6 Å². The molecule has 2 aromatic carbocycles. The van der Waals surface area contributed by atoms with Gasteiger partial charge >= 0.3 is 5.97 Å². The smallest absolute Gasteiger partial charge is 0.323 e. The highest BCUT2D eigenvalue weighted by molar-refractivity contribution is 9.10. The predicted molar refractivity (Wildman–Crippen MR) is 109 cm³/mol. The van der Waals surface area contributed by atoms with E-state index in [1.807, 2.05) is 13.8 Å². The van der Waals surface area contributed by atoms with E-state index < -0.39 is 36.0 Å². The number of anilines is 1. The van der Waals surface area contributed by atoms with Crippen molar-refractivity contribution in [1.29, 1.82) is 0 Å². The Labute approximate surface area is 175 Å². The normalized spacial score (nSPS) is 21.7. The highest BCUT2D eigenvalue weighted by Gasteiger charge is 2.55. The minimum Gasteiger partial charge on any atom is -0.507 e. The minimum absolute atomic E-state index is 0.192. The van der Waals surface area contributed by atoms with Crippen LogP contribution in [0.4, 0.5) is 5.69 Å². The van der Waals surface area contributed by atoms with Crippen molar-refractivity contribution in [3.05, 3.63) is 51.5 Å². The summed E-state index contributed by atoms with van der Waals surface area (Å²) < 4.78 is 6.39. The predicted octanol–water partition coefficient (Wildman–Crippen LogP) is 2.58. The third-order valence-electron chi connectivity index (χ3n) is 5.49. The molecule has 0 fully saturated rings. The molecule has 0 radical (unpaired) electrons.